The van der Waals surface area contributed by atoms with Gasteiger partial charge >= 0.3 is 0 Å². The zero-order chi connectivity index (χ0) is 23.2. The van der Waals surface area contributed by atoms with Gasteiger partial charge in [-0.05, 0) is 61.2 Å². The van der Waals surface area contributed by atoms with E-state index in [1.165, 1.54) is 0 Å². The molecule has 0 fully saturated rings. The van der Waals surface area contributed by atoms with Gasteiger partial charge in [-0.2, -0.15) is 0 Å². The van der Waals surface area contributed by atoms with Crippen LogP contribution in [-0.4, -0.2) is 37.0 Å². The number of ketones is 1. The summed E-state index contributed by atoms with van der Waals surface area (Å²) in [4.78, 5) is 18.2. The predicted molar refractivity (Wildman–Crippen MR) is 129 cm³/mol. The summed E-state index contributed by atoms with van der Waals surface area (Å²) in [6.07, 6.45) is 4.60. The van der Waals surface area contributed by atoms with Crippen molar-refractivity contribution in [2.45, 2.75) is 24.7 Å². The molecule has 0 atom stereocenters. The van der Waals surface area contributed by atoms with Gasteiger partial charge in [0.25, 0.3) is 10.0 Å². The third kappa shape index (κ3) is 3.92. The Morgan fingerprint density at radius 2 is 1.82 bits per heavy atom. The maximum absolute atomic E-state index is 13.5. The summed E-state index contributed by atoms with van der Waals surface area (Å²) in [7, 11) is -3.93. The van der Waals surface area contributed by atoms with Crippen LogP contribution in [0.25, 0.3) is 0 Å². The molecule has 0 amide bonds. The van der Waals surface area contributed by atoms with Gasteiger partial charge in [0.05, 0.1) is 16.3 Å². The van der Waals surface area contributed by atoms with Gasteiger partial charge in [-0.1, -0.05) is 41.4 Å². The highest BCUT2D eigenvalue weighted by Gasteiger charge is 2.36. The van der Waals surface area contributed by atoms with E-state index < -0.39 is 10.0 Å². The average Bonchev–Trinajstić information content (AvgIpc) is 3.21. The molecule has 1 aliphatic carbocycles. The van der Waals surface area contributed by atoms with E-state index in [-0.39, 0.29) is 16.4 Å². The van der Waals surface area contributed by atoms with E-state index in [2.05, 4.69) is 10.3 Å². The summed E-state index contributed by atoms with van der Waals surface area (Å²) >= 11 is 5.94. The molecule has 8 heteroatoms. The fourth-order valence-corrected chi connectivity index (χ4v) is 5.70. The van der Waals surface area contributed by atoms with Gasteiger partial charge in [-0.3, -0.25) is 9.79 Å². The Bertz CT molecular complexity index is 1420. The van der Waals surface area contributed by atoms with Gasteiger partial charge in [0.15, 0.2) is 0 Å². The number of Topliss-reactive ketones (excluding diaryl/α,β-unsaturated/α-hetero) is 1. The molecule has 1 aromatic heterocycles. The van der Waals surface area contributed by atoms with Crippen molar-refractivity contribution in [2.24, 2.45) is 4.99 Å². The number of hydrogen-bond acceptors (Lipinski definition) is 5. The highest BCUT2D eigenvalue weighted by molar-refractivity contribution is 7.90. The van der Waals surface area contributed by atoms with Crippen molar-refractivity contribution in [3.05, 3.63) is 99.5 Å². The Labute approximate surface area is 197 Å². The van der Waals surface area contributed by atoms with E-state index in [9.17, 15) is 13.2 Å². The number of allylic oxidation sites excluding steroid dienone is 2. The van der Waals surface area contributed by atoms with Crippen molar-refractivity contribution in [3.8, 4) is 0 Å². The van der Waals surface area contributed by atoms with Crippen LogP contribution in [0.15, 0.2) is 76.4 Å². The Morgan fingerprint density at radius 1 is 1.09 bits per heavy atom. The molecule has 33 heavy (non-hydrogen) atoms. The minimum Gasteiger partial charge on any atom is -0.381 e. The number of rotatable bonds is 6. The summed E-state index contributed by atoms with van der Waals surface area (Å²) in [6.45, 7) is 2.97. The fraction of sp³-hybridized carbons (Fsp3) is 0.200. The van der Waals surface area contributed by atoms with Crippen molar-refractivity contribution in [1.29, 1.82) is 0 Å². The molecular weight excluding hydrogens is 458 g/mol. The van der Waals surface area contributed by atoms with Crippen LogP contribution in [0, 0.1) is 6.92 Å². The van der Waals surface area contributed by atoms with Crippen LogP contribution in [0.5, 0.6) is 0 Å². The number of carbonyl (C=O) groups is 1. The van der Waals surface area contributed by atoms with Crippen molar-refractivity contribution >= 4 is 33.1 Å². The first-order valence-electron chi connectivity index (χ1n) is 10.7. The molecule has 168 valence electrons. The fourth-order valence-electron chi connectivity index (χ4n) is 4.18. The minimum absolute atomic E-state index is 0.148. The first-order valence-corrected chi connectivity index (χ1v) is 12.5. The van der Waals surface area contributed by atoms with Crippen LogP contribution in [0.1, 0.15) is 32.7 Å². The molecule has 3 aromatic rings. The molecule has 0 bridgehead atoms. The lowest BCUT2D eigenvalue weighted by atomic mass is 9.92. The molecule has 0 saturated heterocycles. The van der Waals surface area contributed by atoms with Crippen LogP contribution in [0.3, 0.4) is 0 Å². The first-order chi connectivity index (χ1) is 15.8. The van der Waals surface area contributed by atoms with Gasteiger partial charge < -0.3 is 5.32 Å². The summed E-state index contributed by atoms with van der Waals surface area (Å²) in [5, 5.41) is 3.86. The van der Waals surface area contributed by atoms with Crippen LogP contribution >= 0.6 is 11.6 Å². The Kier molecular flexibility index (Phi) is 5.46. The Balaban J connectivity index is 1.48. The maximum Gasteiger partial charge on any atom is 0.268 e. The van der Waals surface area contributed by atoms with E-state index >= 15 is 0 Å². The maximum atomic E-state index is 13.5. The number of aromatic nitrogens is 1. The van der Waals surface area contributed by atoms with Gasteiger partial charge in [0, 0.05) is 29.9 Å². The number of benzene rings is 2. The lowest BCUT2D eigenvalue weighted by Gasteiger charge is -2.21. The van der Waals surface area contributed by atoms with Crippen molar-refractivity contribution in [1.82, 2.24) is 9.29 Å². The molecule has 1 N–H and O–H groups in total. The largest absolute Gasteiger partial charge is 0.381 e. The van der Waals surface area contributed by atoms with Crippen molar-refractivity contribution < 1.29 is 13.2 Å². The number of aryl methyl sites for hydroxylation is 1. The van der Waals surface area contributed by atoms with Gasteiger partial charge in [-0.15, -0.1) is 0 Å². The van der Waals surface area contributed by atoms with Crippen molar-refractivity contribution in [2.75, 3.05) is 13.1 Å². The standard InChI is InChI=1S/C25H22ClN3O3S/c1-16-2-8-20(9-3-16)33(31,32)29-15-18-11-13-27-21-14-22(25(30)24(29)23(18)21)28-12-10-17-4-6-19(26)7-5-17/h2-9,14-15,28H,10-13H2,1H3. The normalized spacial score (nSPS) is 15.0. The molecule has 0 saturated carbocycles. The van der Waals surface area contributed by atoms with E-state index in [1.807, 2.05) is 31.2 Å². The SMILES string of the molecule is Cc1ccc(S(=O)(=O)n2cc3c4c2C(=O)C(NCCc2ccc(Cl)cc2)=CC4=NCC3)cc1. The molecule has 0 spiro atoms. The quantitative estimate of drug-likeness (QED) is 0.580. The Morgan fingerprint density at radius 3 is 2.55 bits per heavy atom. The minimum atomic E-state index is -3.93. The van der Waals surface area contributed by atoms with Gasteiger partial charge in [0.2, 0.25) is 5.78 Å². The molecule has 2 aromatic carbocycles. The van der Waals surface area contributed by atoms with Crippen LogP contribution in [0.4, 0.5) is 0 Å². The molecule has 5 rings (SSSR count). The van der Waals surface area contributed by atoms with Gasteiger partial charge in [-0.25, -0.2) is 12.4 Å². The average molecular weight is 480 g/mol. The molecule has 0 radical (unpaired) electrons. The Hall–Kier alpha value is -3.16. The third-order valence-electron chi connectivity index (χ3n) is 5.93. The van der Waals surface area contributed by atoms with E-state index in [0.29, 0.717) is 47.9 Å². The third-order valence-corrected chi connectivity index (χ3v) is 7.86. The highest BCUT2D eigenvalue weighted by Crippen LogP contribution is 2.32. The second-order valence-electron chi connectivity index (χ2n) is 8.20. The van der Waals surface area contributed by atoms with E-state index in [1.54, 1.807) is 36.5 Å². The molecule has 2 heterocycles. The molecule has 2 aliphatic rings. The van der Waals surface area contributed by atoms with Crippen LogP contribution in [-0.2, 0) is 22.9 Å². The summed E-state index contributed by atoms with van der Waals surface area (Å²) in [5.74, 6) is -0.344. The summed E-state index contributed by atoms with van der Waals surface area (Å²) < 4.78 is 28.1. The molecule has 0 unspecified atom stereocenters. The second kappa shape index (κ2) is 8.32. The lowest BCUT2D eigenvalue weighted by Crippen LogP contribution is -2.32. The number of aliphatic imine (C=N–C) groups is 1. The number of halogens is 1. The summed E-state index contributed by atoms with van der Waals surface area (Å²) in [5.41, 5.74) is 4.66. The number of nitrogens with zero attached hydrogens (tertiary/aromatic N) is 2. The lowest BCUT2D eigenvalue weighted by molar-refractivity contribution is 0.102. The first kappa shape index (κ1) is 21.7. The van der Waals surface area contributed by atoms with Crippen LogP contribution in [0.2, 0.25) is 5.02 Å². The van der Waals surface area contributed by atoms with E-state index in [0.717, 1.165) is 20.7 Å². The van der Waals surface area contributed by atoms with Gasteiger partial charge in [0.1, 0.15) is 5.69 Å². The number of nitrogens with one attached hydrogen (secondary N) is 1. The van der Waals surface area contributed by atoms with Crippen LogP contribution < -0.4 is 5.32 Å². The number of carbonyl (C=O) groups excluding carboxylic acids is 1. The zero-order valence-electron chi connectivity index (χ0n) is 18.0. The topological polar surface area (TPSA) is 80.5 Å². The molecular formula is C25H22ClN3O3S. The zero-order valence-corrected chi connectivity index (χ0v) is 19.6. The second-order valence-corrected chi connectivity index (χ2v) is 10.5. The summed E-state index contributed by atoms with van der Waals surface area (Å²) in [6, 6.07) is 14.2. The number of hydrogen-bond donors (Lipinski definition) is 1. The highest BCUT2D eigenvalue weighted by atomic mass is 35.5. The van der Waals surface area contributed by atoms with Crippen molar-refractivity contribution in [3.63, 3.8) is 0 Å². The predicted octanol–water partition coefficient (Wildman–Crippen LogP) is 3.94. The molecule has 6 nitrogen and oxygen atoms in total. The monoisotopic (exact) mass is 479 g/mol. The smallest absolute Gasteiger partial charge is 0.268 e. The van der Waals surface area contributed by atoms with E-state index in [4.69, 9.17) is 11.6 Å². The molecule has 1 aliphatic heterocycles.